The summed E-state index contributed by atoms with van der Waals surface area (Å²) in [5, 5.41) is 0. The van der Waals surface area contributed by atoms with E-state index in [-0.39, 0.29) is 0 Å². The first-order valence-electron chi connectivity index (χ1n) is 12.3. The van der Waals surface area contributed by atoms with Crippen molar-refractivity contribution < 1.29 is 4.74 Å². The third-order valence-electron chi connectivity index (χ3n) is 9.76. The fraction of sp³-hybridized carbons (Fsp3) is 0.769. The van der Waals surface area contributed by atoms with Crippen molar-refractivity contribution in [3.05, 3.63) is 35.9 Å². The molecule has 28 heavy (non-hydrogen) atoms. The number of fused-ring (bicyclic) bond motifs is 5. The van der Waals surface area contributed by atoms with E-state index in [1.807, 2.05) is 0 Å². The monoisotopic (exact) mass is 378 g/mol. The summed E-state index contributed by atoms with van der Waals surface area (Å²) in [5.41, 5.74) is 1.90. The zero-order chi connectivity index (χ0) is 19.1. The highest BCUT2D eigenvalue weighted by atomic mass is 16.5. The van der Waals surface area contributed by atoms with Gasteiger partial charge in [-0.1, -0.05) is 107 Å². The lowest BCUT2D eigenvalue weighted by molar-refractivity contribution is -0.112. The summed E-state index contributed by atoms with van der Waals surface area (Å²) in [6.45, 7) is 7.94. The molecule has 0 aromatic heterocycles. The summed E-state index contributed by atoms with van der Waals surface area (Å²) in [7, 11) is 0. The van der Waals surface area contributed by atoms with Gasteiger partial charge in [0.05, 0.1) is 6.61 Å². The molecular weight excluding hydrogens is 339 g/mol. The highest BCUT2D eigenvalue weighted by Gasteiger charge is 2.60. The third kappa shape index (κ3) is 3.38. The van der Waals surface area contributed by atoms with Gasteiger partial charge in [0.2, 0.25) is 0 Å². The van der Waals surface area contributed by atoms with E-state index in [4.69, 9.17) is 4.74 Å². The first kappa shape index (κ1) is 19.2. The Labute approximate surface area is 173 Å². The van der Waals surface area contributed by atoms with Gasteiger partial charge in [-0.2, -0.15) is 0 Å². The van der Waals surface area contributed by atoms with Crippen LogP contribution in [0.5, 0.6) is 0 Å². The highest BCUT2D eigenvalue weighted by Crippen LogP contribution is 2.68. The Bertz CT molecular complexity index is 634. The summed E-state index contributed by atoms with van der Waals surface area (Å²) >= 11 is 0. The van der Waals surface area contributed by atoms with E-state index in [1.165, 1.54) is 63.4 Å². The summed E-state index contributed by atoms with van der Waals surface area (Å²) in [6.07, 6.45) is 13.5. The van der Waals surface area contributed by atoms with E-state index >= 15 is 0 Å². The van der Waals surface area contributed by atoms with E-state index in [0.29, 0.717) is 5.41 Å². The average Bonchev–Trinajstić information content (AvgIpc) is 2.71. The second kappa shape index (κ2) is 7.82. The Morgan fingerprint density at radius 3 is 2.29 bits per heavy atom. The van der Waals surface area contributed by atoms with E-state index in [9.17, 15) is 0 Å². The zero-order valence-electron chi connectivity index (χ0n) is 18.1. The van der Waals surface area contributed by atoms with E-state index in [2.05, 4.69) is 44.2 Å². The lowest BCUT2D eigenvalue weighted by Gasteiger charge is -2.65. The number of ether oxygens (including phenoxy) is 1. The molecule has 4 atom stereocenters. The van der Waals surface area contributed by atoms with Gasteiger partial charge in [0.1, 0.15) is 6.71 Å². The van der Waals surface area contributed by atoms with E-state index in [0.717, 1.165) is 55.1 Å². The molecule has 2 heterocycles. The molecule has 152 valence electrons. The van der Waals surface area contributed by atoms with Gasteiger partial charge in [0.25, 0.3) is 0 Å². The minimum atomic E-state index is 0.588. The quantitative estimate of drug-likeness (QED) is 0.374. The number of rotatable bonds is 6. The van der Waals surface area contributed by atoms with Gasteiger partial charge >= 0.3 is 0 Å². The molecule has 3 aliphatic carbocycles. The Balaban J connectivity index is 1.26. The Kier molecular flexibility index (Phi) is 5.37. The number of hydrogen-bond acceptors (Lipinski definition) is 1. The van der Waals surface area contributed by atoms with Crippen LogP contribution < -0.4 is 0 Å². The Hall–Kier alpha value is -0.755. The first-order valence-corrected chi connectivity index (χ1v) is 12.3. The largest absolute Gasteiger partial charge is 0.377 e. The topological polar surface area (TPSA) is 9.23 Å². The molecule has 5 fully saturated rings. The van der Waals surface area contributed by atoms with Gasteiger partial charge < -0.3 is 4.74 Å². The molecule has 0 amide bonds. The smallest absolute Gasteiger partial charge is 0.149 e. The van der Waals surface area contributed by atoms with Gasteiger partial charge in [-0.3, -0.25) is 0 Å². The fourth-order valence-corrected chi connectivity index (χ4v) is 8.25. The predicted octanol–water partition coefficient (Wildman–Crippen LogP) is 7.25. The maximum Gasteiger partial charge on any atom is 0.149 e. The predicted molar refractivity (Wildman–Crippen MR) is 119 cm³/mol. The van der Waals surface area contributed by atoms with Crippen molar-refractivity contribution in [1.29, 1.82) is 0 Å². The van der Waals surface area contributed by atoms with Gasteiger partial charge in [-0.15, -0.1) is 0 Å². The summed E-state index contributed by atoms with van der Waals surface area (Å²) in [4.78, 5) is 0. The fourth-order valence-electron chi connectivity index (χ4n) is 8.25. The highest BCUT2D eigenvalue weighted by molar-refractivity contribution is 6.64. The summed E-state index contributed by atoms with van der Waals surface area (Å²) < 4.78 is 6.19. The standard InChI is InChI=1S/C26H39BO/c1-26(2)20-16-24(26)23(14-15-28-18-19-8-4-3-5-9-19)25(17-20)27-21-10-6-11-22(27)13-7-12-21/h3-5,8-9,20-25H,6-7,10-18H2,1-2H3/t20-,21?,22?,23+,24+,25+/m0/s1. The van der Waals surface area contributed by atoms with Crippen molar-refractivity contribution in [2.24, 2.45) is 23.2 Å². The molecule has 0 radical (unpaired) electrons. The summed E-state index contributed by atoms with van der Waals surface area (Å²) in [5.74, 6) is 6.01. The Morgan fingerprint density at radius 2 is 1.64 bits per heavy atom. The molecule has 2 heteroatoms. The molecule has 1 aromatic rings. The maximum absolute atomic E-state index is 6.19. The number of benzene rings is 1. The number of hydrogen-bond donors (Lipinski definition) is 0. The van der Waals surface area contributed by atoms with Crippen LogP contribution >= 0.6 is 0 Å². The minimum absolute atomic E-state index is 0.588. The average molecular weight is 378 g/mol. The zero-order valence-corrected chi connectivity index (χ0v) is 18.1. The van der Waals surface area contributed by atoms with Crippen molar-refractivity contribution in [3.8, 4) is 0 Å². The molecule has 0 spiro atoms. The van der Waals surface area contributed by atoms with Gasteiger partial charge in [0, 0.05) is 6.61 Å². The van der Waals surface area contributed by atoms with Crippen LogP contribution in [0.1, 0.15) is 77.2 Å². The molecule has 6 rings (SSSR count). The van der Waals surface area contributed by atoms with Crippen LogP contribution in [0.3, 0.4) is 0 Å². The van der Waals surface area contributed by atoms with Crippen LogP contribution in [0.25, 0.3) is 0 Å². The lowest BCUT2D eigenvalue weighted by atomic mass is 9.18. The molecule has 0 N–H and O–H groups in total. The SMILES string of the molecule is CC1(C)[C@H]2C[C@@H]1[C@@H](CCOCc1ccccc1)[C@H](B1C3CCCC1CCC3)C2. The molecule has 5 aliphatic rings. The van der Waals surface area contributed by atoms with Crippen molar-refractivity contribution in [2.75, 3.05) is 6.61 Å². The molecule has 2 saturated heterocycles. The van der Waals surface area contributed by atoms with Crippen molar-refractivity contribution in [3.63, 3.8) is 0 Å². The maximum atomic E-state index is 6.19. The molecular formula is C26H39BO. The van der Waals surface area contributed by atoms with E-state index < -0.39 is 0 Å². The van der Waals surface area contributed by atoms with Crippen molar-refractivity contribution in [1.82, 2.24) is 0 Å². The van der Waals surface area contributed by atoms with Crippen molar-refractivity contribution >= 4 is 6.71 Å². The van der Waals surface area contributed by atoms with E-state index in [1.54, 1.807) is 0 Å². The van der Waals surface area contributed by atoms with Crippen LogP contribution in [0, 0.1) is 23.2 Å². The molecule has 1 nitrogen and oxygen atoms in total. The first-order chi connectivity index (χ1) is 13.6. The molecule has 0 unspecified atom stereocenters. The third-order valence-corrected chi connectivity index (χ3v) is 9.76. The lowest BCUT2D eigenvalue weighted by Crippen LogP contribution is -2.58. The normalized spacial score (nSPS) is 38.7. The second-order valence-electron chi connectivity index (χ2n) is 11.2. The molecule has 1 aromatic carbocycles. The van der Waals surface area contributed by atoms with Crippen LogP contribution in [0.2, 0.25) is 17.5 Å². The van der Waals surface area contributed by atoms with Gasteiger partial charge in [0.15, 0.2) is 0 Å². The van der Waals surface area contributed by atoms with Crippen LogP contribution in [0.4, 0.5) is 0 Å². The van der Waals surface area contributed by atoms with Crippen molar-refractivity contribution in [2.45, 2.75) is 95.7 Å². The minimum Gasteiger partial charge on any atom is -0.377 e. The van der Waals surface area contributed by atoms with Gasteiger partial charge in [-0.05, 0) is 41.6 Å². The van der Waals surface area contributed by atoms with Crippen LogP contribution in [-0.2, 0) is 11.3 Å². The van der Waals surface area contributed by atoms with Crippen LogP contribution in [0.15, 0.2) is 30.3 Å². The molecule has 4 bridgehead atoms. The summed E-state index contributed by atoms with van der Waals surface area (Å²) in [6, 6.07) is 10.7. The van der Waals surface area contributed by atoms with Gasteiger partial charge in [-0.25, -0.2) is 0 Å². The Morgan fingerprint density at radius 1 is 0.964 bits per heavy atom. The second-order valence-corrected chi connectivity index (χ2v) is 11.2. The van der Waals surface area contributed by atoms with Crippen LogP contribution in [-0.4, -0.2) is 13.3 Å². The molecule has 2 aliphatic heterocycles. The molecule has 3 saturated carbocycles.